The first-order valence-electron chi connectivity index (χ1n) is 7.39. The summed E-state index contributed by atoms with van der Waals surface area (Å²) in [4.78, 5) is 24.0. The molecule has 6 heteroatoms. The van der Waals surface area contributed by atoms with E-state index in [9.17, 15) is 9.59 Å². The van der Waals surface area contributed by atoms with Crippen LogP contribution in [0.3, 0.4) is 0 Å². The van der Waals surface area contributed by atoms with Crippen LogP contribution in [0.1, 0.15) is 32.6 Å². The van der Waals surface area contributed by atoms with E-state index in [0.717, 1.165) is 32.2 Å². The standard InChI is InChI=1S/C14H27N3O3/c1-3-5-14(6-4-7-15-11-14)13(19)17-10-12(18)16-8-9-20-2/h15H,3-11H2,1-2H3,(H,16,18)(H,17,19). The smallest absolute Gasteiger partial charge is 0.239 e. The first kappa shape index (κ1) is 16.9. The Morgan fingerprint density at radius 1 is 1.35 bits per heavy atom. The number of amides is 2. The van der Waals surface area contributed by atoms with E-state index in [-0.39, 0.29) is 23.8 Å². The second-order valence-corrected chi connectivity index (χ2v) is 5.34. The third-order valence-electron chi connectivity index (χ3n) is 3.72. The van der Waals surface area contributed by atoms with Crippen molar-refractivity contribution >= 4 is 11.8 Å². The number of hydrogen-bond donors (Lipinski definition) is 3. The van der Waals surface area contributed by atoms with Crippen LogP contribution in [0.15, 0.2) is 0 Å². The third-order valence-corrected chi connectivity index (χ3v) is 3.72. The average Bonchev–Trinajstić information content (AvgIpc) is 2.46. The van der Waals surface area contributed by atoms with Crippen molar-refractivity contribution < 1.29 is 14.3 Å². The first-order valence-corrected chi connectivity index (χ1v) is 7.39. The molecule has 20 heavy (non-hydrogen) atoms. The summed E-state index contributed by atoms with van der Waals surface area (Å²) in [5, 5.41) is 8.76. The Balaban J connectivity index is 2.40. The molecule has 1 atom stereocenters. The van der Waals surface area contributed by atoms with Crippen molar-refractivity contribution in [3.05, 3.63) is 0 Å². The Bertz CT molecular complexity index is 309. The van der Waals surface area contributed by atoms with Gasteiger partial charge in [0.25, 0.3) is 0 Å². The Kier molecular flexibility index (Phi) is 7.54. The molecule has 116 valence electrons. The molecule has 3 N–H and O–H groups in total. The van der Waals surface area contributed by atoms with Crippen LogP contribution in [0.25, 0.3) is 0 Å². The van der Waals surface area contributed by atoms with Gasteiger partial charge in [-0.3, -0.25) is 9.59 Å². The molecule has 0 saturated carbocycles. The highest BCUT2D eigenvalue weighted by atomic mass is 16.5. The van der Waals surface area contributed by atoms with Crippen LogP contribution in [-0.4, -0.2) is 51.7 Å². The molecule has 1 unspecified atom stereocenters. The van der Waals surface area contributed by atoms with Gasteiger partial charge >= 0.3 is 0 Å². The van der Waals surface area contributed by atoms with E-state index >= 15 is 0 Å². The van der Waals surface area contributed by atoms with Crippen molar-refractivity contribution in [1.82, 2.24) is 16.0 Å². The van der Waals surface area contributed by atoms with Gasteiger partial charge in [-0.1, -0.05) is 13.3 Å². The van der Waals surface area contributed by atoms with Gasteiger partial charge in [0.15, 0.2) is 0 Å². The van der Waals surface area contributed by atoms with E-state index in [1.165, 1.54) is 0 Å². The van der Waals surface area contributed by atoms with Crippen LogP contribution >= 0.6 is 0 Å². The molecule has 0 aromatic heterocycles. The molecule has 0 bridgehead atoms. The summed E-state index contributed by atoms with van der Waals surface area (Å²) in [6.45, 7) is 4.74. The lowest BCUT2D eigenvalue weighted by atomic mass is 9.76. The fourth-order valence-electron chi connectivity index (χ4n) is 2.67. The molecular formula is C14H27N3O3. The molecule has 2 amide bonds. The first-order chi connectivity index (χ1) is 9.64. The summed E-state index contributed by atoms with van der Waals surface area (Å²) in [7, 11) is 1.58. The van der Waals surface area contributed by atoms with E-state index in [1.807, 2.05) is 0 Å². The summed E-state index contributed by atoms with van der Waals surface area (Å²) in [5.41, 5.74) is -0.347. The lowest BCUT2D eigenvalue weighted by Crippen LogP contribution is -2.52. The van der Waals surface area contributed by atoms with E-state index in [2.05, 4.69) is 22.9 Å². The zero-order valence-electron chi connectivity index (χ0n) is 12.6. The van der Waals surface area contributed by atoms with E-state index in [4.69, 9.17) is 4.74 Å². The second kappa shape index (κ2) is 8.92. The number of rotatable bonds is 8. The van der Waals surface area contributed by atoms with Gasteiger partial charge in [0, 0.05) is 20.2 Å². The summed E-state index contributed by atoms with van der Waals surface area (Å²) in [6.07, 6.45) is 3.73. The molecule has 0 aliphatic carbocycles. The molecule has 1 aliphatic rings. The van der Waals surface area contributed by atoms with Gasteiger partial charge in [-0.05, 0) is 25.8 Å². The van der Waals surface area contributed by atoms with Crippen molar-refractivity contribution in [3.8, 4) is 0 Å². The lowest BCUT2D eigenvalue weighted by Gasteiger charge is -2.36. The van der Waals surface area contributed by atoms with Crippen molar-refractivity contribution in [3.63, 3.8) is 0 Å². The molecule has 1 aliphatic heterocycles. The Morgan fingerprint density at radius 3 is 2.75 bits per heavy atom. The Hall–Kier alpha value is -1.14. The normalized spacial score (nSPS) is 22.3. The summed E-state index contributed by atoms with van der Waals surface area (Å²) in [5.74, 6) is -0.181. The predicted molar refractivity (Wildman–Crippen MR) is 77.3 cm³/mol. The zero-order chi connectivity index (χ0) is 14.8. The number of hydrogen-bond acceptors (Lipinski definition) is 4. The summed E-state index contributed by atoms with van der Waals surface area (Å²) < 4.78 is 4.85. The number of nitrogens with one attached hydrogen (secondary N) is 3. The maximum atomic E-state index is 12.4. The van der Waals surface area contributed by atoms with Crippen LogP contribution in [0.5, 0.6) is 0 Å². The van der Waals surface area contributed by atoms with Crippen LogP contribution in [0.4, 0.5) is 0 Å². The quantitative estimate of drug-likeness (QED) is 0.550. The average molecular weight is 285 g/mol. The van der Waals surface area contributed by atoms with Gasteiger partial charge < -0.3 is 20.7 Å². The minimum atomic E-state index is -0.347. The fourth-order valence-corrected chi connectivity index (χ4v) is 2.67. The zero-order valence-corrected chi connectivity index (χ0v) is 12.6. The summed E-state index contributed by atoms with van der Waals surface area (Å²) >= 11 is 0. The largest absolute Gasteiger partial charge is 0.383 e. The fraction of sp³-hybridized carbons (Fsp3) is 0.857. The molecule has 1 fully saturated rings. The highest BCUT2D eigenvalue weighted by molar-refractivity contribution is 5.88. The predicted octanol–water partition coefficient (Wildman–Crippen LogP) is 0.0351. The SMILES string of the molecule is CCCC1(C(=O)NCC(=O)NCCOC)CCCNC1. The van der Waals surface area contributed by atoms with Gasteiger partial charge in [-0.15, -0.1) is 0 Å². The summed E-state index contributed by atoms with van der Waals surface area (Å²) in [6, 6.07) is 0. The Morgan fingerprint density at radius 2 is 2.15 bits per heavy atom. The van der Waals surface area contributed by atoms with Gasteiger partial charge in [-0.2, -0.15) is 0 Å². The minimum Gasteiger partial charge on any atom is -0.383 e. The molecule has 1 rings (SSSR count). The maximum absolute atomic E-state index is 12.4. The molecule has 0 spiro atoms. The Labute approximate surface area is 121 Å². The number of carbonyl (C=O) groups excluding carboxylic acids is 2. The molecule has 0 aromatic rings. The van der Waals surface area contributed by atoms with E-state index in [0.29, 0.717) is 19.7 Å². The monoisotopic (exact) mass is 285 g/mol. The molecule has 1 heterocycles. The molecular weight excluding hydrogens is 258 g/mol. The van der Waals surface area contributed by atoms with E-state index in [1.54, 1.807) is 7.11 Å². The number of carbonyl (C=O) groups is 2. The molecule has 1 saturated heterocycles. The number of ether oxygens (including phenoxy) is 1. The van der Waals surface area contributed by atoms with Crippen LogP contribution in [0.2, 0.25) is 0 Å². The van der Waals surface area contributed by atoms with Crippen molar-refractivity contribution in [2.75, 3.05) is 39.9 Å². The maximum Gasteiger partial charge on any atom is 0.239 e. The van der Waals surface area contributed by atoms with Crippen LogP contribution in [0, 0.1) is 5.41 Å². The molecule has 6 nitrogen and oxygen atoms in total. The van der Waals surface area contributed by atoms with Gasteiger partial charge in [0.05, 0.1) is 18.6 Å². The van der Waals surface area contributed by atoms with Crippen molar-refractivity contribution in [2.24, 2.45) is 5.41 Å². The second-order valence-electron chi connectivity index (χ2n) is 5.34. The van der Waals surface area contributed by atoms with Crippen LogP contribution < -0.4 is 16.0 Å². The topological polar surface area (TPSA) is 79.5 Å². The van der Waals surface area contributed by atoms with Gasteiger partial charge in [-0.25, -0.2) is 0 Å². The lowest BCUT2D eigenvalue weighted by molar-refractivity contribution is -0.134. The number of methoxy groups -OCH3 is 1. The van der Waals surface area contributed by atoms with E-state index < -0.39 is 0 Å². The van der Waals surface area contributed by atoms with Crippen molar-refractivity contribution in [1.29, 1.82) is 0 Å². The highest BCUT2D eigenvalue weighted by Crippen LogP contribution is 2.31. The minimum absolute atomic E-state index is 0.00607. The molecule has 0 aromatic carbocycles. The van der Waals surface area contributed by atoms with Gasteiger partial charge in [0.2, 0.25) is 11.8 Å². The highest BCUT2D eigenvalue weighted by Gasteiger charge is 2.38. The van der Waals surface area contributed by atoms with Crippen molar-refractivity contribution in [2.45, 2.75) is 32.6 Å². The van der Waals surface area contributed by atoms with Crippen LogP contribution in [-0.2, 0) is 14.3 Å². The third kappa shape index (κ3) is 5.09. The number of piperidine rings is 1. The molecule has 0 radical (unpaired) electrons. The van der Waals surface area contributed by atoms with Gasteiger partial charge in [0.1, 0.15) is 0 Å².